The molecule has 2 aromatic heterocycles. The van der Waals surface area contributed by atoms with E-state index in [2.05, 4.69) is 23.8 Å². The van der Waals surface area contributed by atoms with Gasteiger partial charge in [-0.3, -0.25) is 19.1 Å². The summed E-state index contributed by atoms with van der Waals surface area (Å²) in [6, 6.07) is 9.69. The highest BCUT2D eigenvalue weighted by Crippen LogP contribution is 2.26. The van der Waals surface area contributed by atoms with Gasteiger partial charge in [0.15, 0.2) is 5.69 Å². The number of nitrogens with zero attached hydrogens (tertiary/aromatic N) is 5. The molecule has 8 heteroatoms. The fourth-order valence-corrected chi connectivity index (χ4v) is 4.64. The van der Waals surface area contributed by atoms with Gasteiger partial charge >= 0.3 is 5.97 Å². The zero-order chi connectivity index (χ0) is 24.4. The van der Waals surface area contributed by atoms with Crippen molar-refractivity contribution in [3.05, 3.63) is 68.9 Å². The molecule has 0 unspecified atom stereocenters. The van der Waals surface area contributed by atoms with Gasteiger partial charge in [0.1, 0.15) is 0 Å². The highest BCUT2D eigenvalue weighted by molar-refractivity contribution is 5.89. The van der Waals surface area contributed by atoms with Crippen LogP contribution in [-0.2, 0) is 37.8 Å². The monoisotopic (exact) mass is 465 g/mol. The molecule has 0 saturated carbocycles. The van der Waals surface area contributed by atoms with Crippen molar-refractivity contribution in [3.8, 4) is 5.69 Å². The first kappa shape index (κ1) is 24.0. The summed E-state index contributed by atoms with van der Waals surface area (Å²) in [5.41, 5.74) is 5.03. The van der Waals surface area contributed by atoms with Gasteiger partial charge in [-0.15, -0.1) is 0 Å². The molecule has 0 spiro atoms. The van der Waals surface area contributed by atoms with Gasteiger partial charge in [-0.05, 0) is 38.3 Å². The zero-order valence-corrected chi connectivity index (χ0v) is 20.9. The SMILES string of the molecule is CCOC(=O)c1nn(CCC(C)C)c2c1CN(Cc1c(C)n(C)n(-c3ccccc3)c1=O)CC2. The predicted molar refractivity (Wildman–Crippen MR) is 131 cm³/mol. The Bertz CT molecular complexity index is 1220. The molecule has 1 aromatic carbocycles. The van der Waals surface area contributed by atoms with Crippen LogP contribution in [0.5, 0.6) is 0 Å². The number of aryl methyl sites for hydroxylation is 1. The minimum atomic E-state index is -0.369. The van der Waals surface area contributed by atoms with Gasteiger partial charge in [0.2, 0.25) is 0 Å². The van der Waals surface area contributed by atoms with Gasteiger partial charge in [0.25, 0.3) is 5.56 Å². The van der Waals surface area contributed by atoms with E-state index >= 15 is 0 Å². The number of esters is 1. The summed E-state index contributed by atoms with van der Waals surface area (Å²) in [6.45, 7) is 11.2. The first-order chi connectivity index (χ1) is 16.3. The lowest BCUT2D eigenvalue weighted by Crippen LogP contribution is -2.33. The van der Waals surface area contributed by atoms with Crippen LogP contribution in [0, 0.1) is 12.8 Å². The molecule has 0 radical (unpaired) electrons. The van der Waals surface area contributed by atoms with Gasteiger partial charge in [-0.2, -0.15) is 5.10 Å². The number of ether oxygens (including phenoxy) is 1. The number of carbonyl (C=O) groups excluding carboxylic acids is 1. The van der Waals surface area contributed by atoms with Crippen molar-refractivity contribution in [3.63, 3.8) is 0 Å². The van der Waals surface area contributed by atoms with Crippen molar-refractivity contribution in [1.82, 2.24) is 24.0 Å². The molecule has 3 aromatic rings. The van der Waals surface area contributed by atoms with E-state index in [-0.39, 0.29) is 11.5 Å². The summed E-state index contributed by atoms with van der Waals surface area (Å²) in [7, 11) is 1.92. The maximum Gasteiger partial charge on any atom is 0.359 e. The summed E-state index contributed by atoms with van der Waals surface area (Å²) in [4.78, 5) is 28.3. The third-order valence-corrected chi connectivity index (χ3v) is 6.66. The first-order valence-electron chi connectivity index (χ1n) is 12.1. The molecule has 0 amide bonds. The van der Waals surface area contributed by atoms with Crippen LogP contribution in [0.3, 0.4) is 0 Å². The molecule has 0 aliphatic carbocycles. The maximum atomic E-state index is 13.4. The van der Waals surface area contributed by atoms with Gasteiger partial charge in [0, 0.05) is 56.6 Å². The minimum absolute atomic E-state index is 0.00441. The van der Waals surface area contributed by atoms with Crippen molar-refractivity contribution in [2.24, 2.45) is 13.0 Å². The molecule has 0 atom stereocenters. The van der Waals surface area contributed by atoms with E-state index in [1.807, 2.05) is 60.6 Å². The summed E-state index contributed by atoms with van der Waals surface area (Å²) < 4.78 is 10.9. The third-order valence-electron chi connectivity index (χ3n) is 6.66. The lowest BCUT2D eigenvalue weighted by molar-refractivity contribution is 0.0515. The quantitative estimate of drug-likeness (QED) is 0.477. The zero-order valence-electron chi connectivity index (χ0n) is 20.9. The standard InChI is InChI=1S/C26H35N5O3/c1-6-34-26(33)24-22-17-29(14-13-23(22)30(27-24)15-12-18(2)3)16-21-19(4)28(5)31(25(21)32)20-10-8-7-9-11-20/h7-11,18H,6,12-17H2,1-5H3. The molecule has 0 bridgehead atoms. The maximum absolute atomic E-state index is 13.4. The molecule has 1 aliphatic rings. The predicted octanol–water partition coefficient (Wildman–Crippen LogP) is 3.46. The summed E-state index contributed by atoms with van der Waals surface area (Å²) in [5, 5.41) is 4.66. The van der Waals surface area contributed by atoms with Crippen molar-refractivity contribution in [1.29, 1.82) is 0 Å². The van der Waals surface area contributed by atoms with Gasteiger partial charge < -0.3 is 4.74 Å². The number of aromatic nitrogens is 4. The highest BCUT2D eigenvalue weighted by atomic mass is 16.5. The Morgan fingerprint density at radius 3 is 2.62 bits per heavy atom. The smallest absolute Gasteiger partial charge is 0.359 e. The number of para-hydroxylation sites is 1. The van der Waals surface area contributed by atoms with Crippen LogP contribution in [0.4, 0.5) is 0 Å². The molecule has 34 heavy (non-hydrogen) atoms. The minimum Gasteiger partial charge on any atom is -0.461 e. The molecule has 1 aliphatic heterocycles. The van der Waals surface area contributed by atoms with E-state index < -0.39 is 0 Å². The average Bonchev–Trinajstić information content (AvgIpc) is 3.28. The number of rotatable bonds is 8. The number of fused-ring (bicyclic) bond motifs is 1. The first-order valence-corrected chi connectivity index (χ1v) is 12.1. The average molecular weight is 466 g/mol. The third kappa shape index (κ3) is 4.59. The van der Waals surface area contributed by atoms with Crippen molar-refractivity contribution >= 4 is 5.97 Å². The second-order valence-corrected chi connectivity index (χ2v) is 9.40. The molecule has 0 N–H and O–H groups in total. The Labute approximate surface area is 200 Å². The van der Waals surface area contributed by atoms with Gasteiger partial charge in [-0.1, -0.05) is 32.0 Å². The summed E-state index contributed by atoms with van der Waals surface area (Å²) in [6.07, 6.45) is 1.79. The van der Waals surface area contributed by atoms with Crippen LogP contribution in [0.1, 0.15) is 60.2 Å². The Hall–Kier alpha value is -3.13. The lowest BCUT2D eigenvalue weighted by atomic mass is 10.0. The number of benzene rings is 1. The summed E-state index contributed by atoms with van der Waals surface area (Å²) in [5.74, 6) is 0.185. The van der Waals surface area contributed by atoms with Crippen LogP contribution >= 0.6 is 0 Å². The molecule has 3 heterocycles. The van der Waals surface area contributed by atoms with E-state index in [9.17, 15) is 9.59 Å². The van der Waals surface area contributed by atoms with Crippen LogP contribution in [-0.4, -0.2) is 43.2 Å². The van der Waals surface area contributed by atoms with E-state index in [4.69, 9.17) is 4.74 Å². The van der Waals surface area contributed by atoms with Crippen LogP contribution in [0.25, 0.3) is 5.69 Å². The Kier molecular flexibility index (Phi) is 7.07. The van der Waals surface area contributed by atoms with Gasteiger partial charge in [0.05, 0.1) is 17.9 Å². The molecule has 0 saturated heterocycles. The molecule has 182 valence electrons. The van der Waals surface area contributed by atoms with Crippen LogP contribution in [0.15, 0.2) is 35.1 Å². The second-order valence-electron chi connectivity index (χ2n) is 9.40. The molecular weight excluding hydrogens is 430 g/mol. The molecule has 0 fully saturated rings. The molecule has 4 rings (SSSR count). The number of hydrogen-bond donors (Lipinski definition) is 0. The molecule has 8 nitrogen and oxygen atoms in total. The van der Waals surface area contributed by atoms with Crippen molar-refractivity contribution in [2.45, 2.75) is 60.2 Å². The van der Waals surface area contributed by atoms with E-state index in [1.54, 1.807) is 4.68 Å². The Balaban J connectivity index is 1.63. The van der Waals surface area contributed by atoms with E-state index in [1.165, 1.54) is 0 Å². The Morgan fingerprint density at radius 1 is 1.21 bits per heavy atom. The van der Waals surface area contributed by atoms with E-state index in [0.29, 0.717) is 31.3 Å². The Morgan fingerprint density at radius 2 is 1.94 bits per heavy atom. The van der Waals surface area contributed by atoms with Crippen molar-refractivity contribution < 1.29 is 9.53 Å². The normalized spacial score (nSPS) is 13.9. The fraction of sp³-hybridized carbons (Fsp3) is 0.500. The lowest BCUT2D eigenvalue weighted by Gasteiger charge is -2.27. The van der Waals surface area contributed by atoms with Crippen LogP contribution in [0.2, 0.25) is 0 Å². The largest absolute Gasteiger partial charge is 0.461 e. The second kappa shape index (κ2) is 10.0. The van der Waals surface area contributed by atoms with E-state index in [0.717, 1.165) is 54.1 Å². The highest BCUT2D eigenvalue weighted by Gasteiger charge is 2.30. The summed E-state index contributed by atoms with van der Waals surface area (Å²) >= 11 is 0. The fourth-order valence-electron chi connectivity index (χ4n) is 4.64. The van der Waals surface area contributed by atoms with Gasteiger partial charge in [-0.25, -0.2) is 9.48 Å². The number of carbonyl (C=O) groups is 1. The number of hydrogen-bond acceptors (Lipinski definition) is 5. The topological polar surface area (TPSA) is 74.3 Å². The van der Waals surface area contributed by atoms with Crippen molar-refractivity contribution in [2.75, 3.05) is 13.2 Å². The molecular formula is C26H35N5O3. The van der Waals surface area contributed by atoms with Crippen LogP contribution < -0.4 is 5.56 Å².